The zero-order valence-electron chi connectivity index (χ0n) is 12.2. The Kier molecular flexibility index (Phi) is 3.94. The van der Waals surface area contributed by atoms with Crippen LogP contribution in [0.4, 0.5) is 0 Å². The van der Waals surface area contributed by atoms with Crippen LogP contribution in [0.25, 0.3) is 0 Å². The molecule has 0 aliphatic heterocycles. The Morgan fingerprint density at radius 1 is 1.05 bits per heavy atom. The largest absolute Gasteiger partial charge is 0.465 e. The van der Waals surface area contributed by atoms with Gasteiger partial charge in [0.1, 0.15) is 23.0 Å². The zero-order chi connectivity index (χ0) is 13.9. The maximum Gasteiger partial charge on any atom is 0.118 e. The Balaban J connectivity index is 1.48. The molecule has 0 aromatic carbocycles. The molecule has 2 heterocycles. The fraction of sp³-hybridized carbons (Fsp3) is 0.500. The van der Waals surface area contributed by atoms with E-state index in [1.165, 1.54) is 12.8 Å². The highest BCUT2D eigenvalue weighted by atomic mass is 16.3. The number of aryl methyl sites for hydroxylation is 1. The molecular weight excluding hydrogens is 252 g/mol. The maximum absolute atomic E-state index is 5.84. The average Bonchev–Trinajstić information content (AvgIpc) is 3.00. The summed E-state index contributed by atoms with van der Waals surface area (Å²) in [6, 6.07) is 8.87. The molecule has 3 rings (SSSR count). The summed E-state index contributed by atoms with van der Waals surface area (Å²) in [5.41, 5.74) is 0. The van der Waals surface area contributed by atoms with Crippen molar-refractivity contribution in [1.29, 1.82) is 0 Å². The first kappa shape index (κ1) is 13.5. The van der Waals surface area contributed by atoms with Gasteiger partial charge in [-0.1, -0.05) is 0 Å². The first-order chi connectivity index (χ1) is 9.69. The van der Waals surface area contributed by atoms with Gasteiger partial charge in [-0.2, -0.15) is 0 Å². The number of rotatable bonds is 7. The Bertz CT molecular complexity index is 554. The van der Waals surface area contributed by atoms with E-state index in [9.17, 15) is 0 Å². The second-order valence-corrected chi connectivity index (χ2v) is 5.71. The highest BCUT2D eigenvalue weighted by Crippen LogP contribution is 2.20. The molecule has 2 aromatic heterocycles. The fourth-order valence-electron chi connectivity index (χ4n) is 2.29. The van der Waals surface area contributed by atoms with Crippen molar-refractivity contribution in [3.8, 4) is 0 Å². The summed E-state index contributed by atoms with van der Waals surface area (Å²) in [5.74, 6) is 3.98. The minimum atomic E-state index is 0.716. The maximum atomic E-state index is 5.84. The highest BCUT2D eigenvalue weighted by Gasteiger charge is 2.20. The van der Waals surface area contributed by atoms with Gasteiger partial charge in [-0.05, 0) is 51.1 Å². The summed E-state index contributed by atoms with van der Waals surface area (Å²) < 4.78 is 11.4. The van der Waals surface area contributed by atoms with Gasteiger partial charge in [-0.3, -0.25) is 4.90 Å². The van der Waals surface area contributed by atoms with Crippen molar-refractivity contribution in [1.82, 2.24) is 10.2 Å². The zero-order valence-corrected chi connectivity index (χ0v) is 12.2. The lowest BCUT2D eigenvalue weighted by atomic mass is 10.3. The van der Waals surface area contributed by atoms with Crippen LogP contribution in [-0.4, -0.2) is 18.0 Å². The molecule has 0 unspecified atom stereocenters. The highest BCUT2D eigenvalue weighted by molar-refractivity contribution is 5.08. The molecule has 0 bridgehead atoms. The standard InChI is InChI=1S/C16H22N2O2/c1-12-3-6-15(19-12)10-18(2)11-16-8-7-14(20-16)9-17-13-4-5-13/h3,6-8,13,17H,4-5,9-11H2,1-2H3. The van der Waals surface area contributed by atoms with Gasteiger partial charge < -0.3 is 14.2 Å². The molecule has 20 heavy (non-hydrogen) atoms. The average molecular weight is 274 g/mol. The Labute approximate surface area is 119 Å². The van der Waals surface area contributed by atoms with Crippen molar-refractivity contribution in [2.45, 2.75) is 45.4 Å². The lowest BCUT2D eigenvalue weighted by Crippen LogP contribution is -2.16. The SMILES string of the molecule is Cc1ccc(CN(C)Cc2ccc(CNC3CC3)o2)o1. The number of nitrogens with zero attached hydrogens (tertiary/aromatic N) is 1. The predicted molar refractivity (Wildman–Crippen MR) is 77.2 cm³/mol. The molecule has 0 saturated heterocycles. The Hall–Kier alpha value is -1.52. The normalized spacial score (nSPS) is 15.2. The van der Waals surface area contributed by atoms with Gasteiger partial charge in [0.05, 0.1) is 19.6 Å². The molecule has 2 aromatic rings. The Morgan fingerprint density at radius 2 is 1.70 bits per heavy atom. The van der Waals surface area contributed by atoms with E-state index in [0.717, 1.165) is 42.7 Å². The van der Waals surface area contributed by atoms with Crippen LogP contribution in [0.2, 0.25) is 0 Å². The second-order valence-electron chi connectivity index (χ2n) is 5.71. The second kappa shape index (κ2) is 5.85. The van der Waals surface area contributed by atoms with Crippen LogP contribution in [0.5, 0.6) is 0 Å². The van der Waals surface area contributed by atoms with E-state index in [-0.39, 0.29) is 0 Å². The van der Waals surface area contributed by atoms with Gasteiger partial charge >= 0.3 is 0 Å². The Morgan fingerprint density at radius 3 is 2.35 bits per heavy atom. The summed E-state index contributed by atoms with van der Waals surface area (Å²) in [5, 5.41) is 3.46. The minimum Gasteiger partial charge on any atom is -0.465 e. The molecule has 4 nitrogen and oxygen atoms in total. The first-order valence-corrected chi connectivity index (χ1v) is 7.24. The molecule has 4 heteroatoms. The van der Waals surface area contributed by atoms with E-state index >= 15 is 0 Å². The van der Waals surface area contributed by atoms with Crippen molar-refractivity contribution in [2.24, 2.45) is 0 Å². The van der Waals surface area contributed by atoms with Crippen LogP contribution >= 0.6 is 0 Å². The summed E-state index contributed by atoms with van der Waals surface area (Å²) >= 11 is 0. The van der Waals surface area contributed by atoms with E-state index < -0.39 is 0 Å². The third-order valence-corrected chi connectivity index (χ3v) is 3.51. The van der Waals surface area contributed by atoms with E-state index in [1.807, 2.05) is 19.1 Å². The number of hydrogen-bond donors (Lipinski definition) is 1. The third kappa shape index (κ3) is 3.74. The predicted octanol–water partition coefficient (Wildman–Crippen LogP) is 3.07. The molecule has 1 saturated carbocycles. The third-order valence-electron chi connectivity index (χ3n) is 3.51. The molecule has 1 aliphatic rings. The summed E-state index contributed by atoms with van der Waals surface area (Å²) in [6.07, 6.45) is 2.61. The van der Waals surface area contributed by atoms with Gasteiger partial charge in [0.15, 0.2) is 0 Å². The smallest absolute Gasteiger partial charge is 0.118 e. The quantitative estimate of drug-likeness (QED) is 0.842. The lowest BCUT2D eigenvalue weighted by Gasteiger charge is -2.13. The minimum absolute atomic E-state index is 0.716. The first-order valence-electron chi connectivity index (χ1n) is 7.24. The van der Waals surface area contributed by atoms with Crippen molar-refractivity contribution in [2.75, 3.05) is 7.05 Å². The van der Waals surface area contributed by atoms with Crippen LogP contribution in [0, 0.1) is 6.92 Å². The molecular formula is C16H22N2O2. The molecule has 1 aliphatic carbocycles. The molecule has 108 valence electrons. The molecule has 1 N–H and O–H groups in total. The van der Waals surface area contributed by atoms with Gasteiger partial charge in [0, 0.05) is 6.04 Å². The lowest BCUT2D eigenvalue weighted by molar-refractivity contribution is 0.259. The van der Waals surface area contributed by atoms with E-state index in [1.54, 1.807) is 0 Å². The van der Waals surface area contributed by atoms with E-state index in [2.05, 4.69) is 29.4 Å². The van der Waals surface area contributed by atoms with Gasteiger partial charge in [-0.15, -0.1) is 0 Å². The van der Waals surface area contributed by atoms with Crippen LogP contribution in [-0.2, 0) is 19.6 Å². The summed E-state index contributed by atoms with van der Waals surface area (Å²) in [6.45, 7) is 4.40. The van der Waals surface area contributed by atoms with Crippen LogP contribution in [0.1, 0.15) is 35.9 Å². The van der Waals surface area contributed by atoms with Crippen LogP contribution in [0.15, 0.2) is 33.1 Å². The van der Waals surface area contributed by atoms with Crippen molar-refractivity contribution >= 4 is 0 Å². The van der Waals surface area contributed by atoms with Crippen molar-refractivity contribution < 1.29 is 8.83 Å². The topological polar surface area (TPSA) is 41.5 Å². The van der Waals surface area contributed by atoms with Crippen molar-refractivity contribution in [3.63, 3.8) is 0 Å². The number of hydrogen-bond acceptors (Lipinski definition) is 4. The number of nitrogens with one attached hydrogen (secondary N) is 1. The molecule has 1 fully saturated rings. The van der Waals surface area contributed by atoms with Gasteiger partial charge in [0.25, 0.3) is 0 Å². The van der Waals surface area contributed by atoms with Crippen molar-refractivity contribution in [3.05, 3.63) is 47.3 Å². The molecule has 0 atom stereocenters. The van der Waals surface area contributed by atoms with E-state index in [0.29, 0.717) is 6.04 Å². The van der Waals surface area contributed by atoms with Crippen LogP contribution in [0.3, 0.4) is 0 Å². The van der Waals surface area contributed by atoms with Crippen LogP contribution < -0.4 is 5.32 Å². The van der Waals surface area contributed by atoms with Gasteiger partial charge in [0.2, 0.25) is 0 Å². The molecule has 0 radical (unpaired) electrons. The molecule has 0 spiro atoms. The number of furan rings is 2. The van der Waals surface area contributed by atoms with E-state index in [4.69, 9.17) is 8.83 Å². The monoisotopic (exact) mass is 274 g/mol. The molecule has 0 amide bonds. The summed E-state index contributed by atoms with van der Waals surface area (Å²) in [7, 11) is 2.07. The fourth-order valence-corrected chi connectivity index (χ4v) is 2.29. The summed E-state index contributed by atoms with van der Waals surface area (Å²) in [4.78, 5) is 2.19. The van der Waals surface area contributed by atoms with Gasteiger partial charge in [-0.25, -0.2) is 0 Å².